The van der Waals surface area contributed by atoms with E-state index >= 15 is 0 Å². The standard InChI is InChI=1S/C21H28N2O2/c1-16(2)23(14-18-10-6-5-7-11-18)15-21(24)22-19-12-8-9-13-20(19)25-17(3)4/h5-13,16-17H,14-15H2,1-4H3,(H,22,24). The number of anilines is 1. The first-order valence-corrected chi connectivity index (χ1v) is 8.79. The van der Waals surface area contributed by atoms with Gasteiger partial charge in [-0.3, -0.25) is 9.69 Å². The number of carbonyl (C=O) groups is 1. The van der Waals surface area contributed by atoms with E-state index < -0.39 is 0 Å². The van der Waals surface area contributed by atoms with E-state index in [4.69, 9.17) is 4.74 Å². The van der Waals surface area contributed by atoms with E-state index in [1.54, 1.807) is 0 Å². The number of amides is 1. The van der Waals surface area contributed by atoms with Crippen LogP contribution in [0.1, 0.15) is 33.3 Å². The summed E-state index contributed by atoms with van der Waals surface area (Å²) >= 11 is 0. The van der Waals surface area contributed by atoms with Crippen LogP contribution in [0.2, 0.25) is 0 Å². The van der Waals surface area contributed by atoms with E-state index in [2.05, 4.69) is 36.2 Å². The van der Waals surface area contributed by atoms with Gasteiger partial charge in [0.2, 0.25) is 5.91 Å². The maximum atomic E-state index is 12.5. The van der Waals surface area contributed by atoms with E-state index in [0.717, 1.165) is 6.54 Å². The minimum atomic E-state index is -0.0376. The van der Waals surface area contributed by atoms with Crippen molar-refractivity contribution in [1.82, 2.24) is 4.90 Å². The van der Waals surface area contributed by atoms with Crippen LogP contribution in [0.25, 0.3) is 0 Å². The van der Waals surface area contributed by atoms with E-state index in [-0.39, 0.29) is 18.1 Å². The quantitative estimate of drug-likeness (QED) is 0.778. The second-order valence-electron chi connectivity index (χ2n) is 6.70. The van der Waals surface area contributed by atoms with Crippen molar-refractivity contribution < 1.29 is 9.53 Å². The van der Waals surface area contributed by atoms with Crippen molar-refractivity contribution in [2.45, 2.75) is 46.4 Å². The topological polar surface area (TPSA) is 41.6 Å². The van der Waals surface area contributed by atoms with Crippen molar-refractivity contribution in [2.24, 2.45) is 0 Å². The molecule has 0 aliphatic carbocycles. The summed E-state index contributed by atoms with van der Waals surface area (Å²) in [5, 5.41) is 2.98. The lowest BCUT2D eigenvalue weighted by Gasteiger charge is -2.26. The molecule has 4 heteroatoms. The molecule has 0 heterocycles. The average molecular weight is 340 g/mol. The van der Waals surface area contributed by atoms with Crippen LogP contribution < -0.4 is 10.1 Å². The van der Waals surface area contributed by atoms with Gasteiger partial charge < -0.3 is 10.1 Å². The molecule has 2 aromatic carbocycles. The number of hydrogen-bond acceptors (Lipinski definition) is 3. The first-order valence-electron chi connectivity index (χ1n) is 8.79. The molecule has 0 unspecified atom stereocenters. The Labute approximate surface area is 150 Å². The van der Waals surface area contributed by atoms with E-state index in [1.165, 1.54) is 5.56 Å². The van der Waals surface area contributed by atoms with Crippen LogP contribution in [-0.4, -0.2) is 29.5 Å². The van der Waals surface area contributed by atoms with Crippen molar-refractivity contribution in [3.63, 3.8) is 0 Å². The average Bonchev–Trinajstić information content (AvgIpc) is 2.56. The van der Waals surface area contributed by atoms with E-state index in [1.807, 2.05) is 56.3 Å². The number of nitrogens with zero attached hydrogens (tertiary/aromatic N) is 1. The number of benzene rings is 2. The number of rotatable bonds is 8. The fourth-order valence-corrected chi connectivity index (χ4v) is 2.54. The molecule has 0 spiro atoms. The fourth-order valence-electron chi connectivity index (χ4n) is 2.54. The molecule has 0 bridgehead atoms. The number of para-hydroxylation sites is 2. The molecule has 4 nitrogen and oxygen atoms in total. The van der Waals surface area contributed by atoms with Crippen LogP contribution >= 0.6 is 0 Å². The highest BCUT2D eigenvalue weighted by molar-refractivity contribution is 5.93. The molecule has 0 aromatic heterocycles. The van der Waals surface area contributed by atoms with Crippen LogP contribution in [0.5, 0.6) is 5.75 Å². The van der Waals surface area contributed by atoms with Gasteiger partial charge >= 0.3 is 0 Å². The minimum absolute atomic E-state index is 0.0376. The highest BCUT2D eigenvalue weighted by atomic mass is 16.5. The molecule has 0 saturated heterocycles. The summed E-state index contributed by atoms with van der Waals surface area (Å²) in [5.41, 5.74) is 1.91. The van der Waals surface area contributed by atoms with Gasteiger partial charge in [-0.05, 0) is 45.4 Å². The molecule has 0 atom stereocenters. The maximum Gasteiger partial charge on any atom is 0.238 e. The summed E-state index contributed by atoms with van der Waals surface area (Å²) < 4.78 is 5.77. The summed E-state index contributed by atoms with van der Waals surface area (Å²) in [4.78, 5) is 14.7. The number of nitrogens with one attached hydrogen (secondary N) is 1. The van der Waals surface area contributed by atoms with Crippen LogP contribution in [0, 0.1) is 0 Å². The molecule has 0 aliphatic rings. The normalized spacial score (nSPS) is 11.2. The van der Waals surface area contributed by atoms with Gasteiger partial charge in [0.1, 0.15) is 5.75 Å². The monoisotopic (exact) mass is 340 g/mol. The van der Waals surface area contributed by atoms with Gasteiger partial charge in [0.15, 0.2) is 0 Å². The van der Waals surface area contributed by atoms with Crippen LogP contribution in [-0.2, 0) is 11.3 Å². The van der Waals surface area contributed by atoms with Gasteiger partial charge in [0.25, 0.3) is 0 Å². The molecule has 1 amide bonds. The molecule has 0 fully saturated rings. The van der Waals surface area contributed by atoms with Crippen molar-refractivity contribution in [1.29, 1.82) is 0 Å². The van der Waals surface area contributed by atoms with Gasteiger partial charge in [0, 0.05) is 12.6 Å². The highest BCUT2D eigenvalue weighted by Gasteiger charge is 2.16. The fraction of sp³-hybridized carbons (Fsp3) is 0.381. The van der Waals surface area contributed by atoms with Gasteiger partial charge in [0.05, 0.1) is 18.3 Å². The minimum Gasteiger partial charge on any atom is -0.489 e. The smallest absolute Gasteiger partial charge is 0.238 e. The molecule has 0 radical (unpaired) electrons. The maximum absolute atomic E-state index is 12.5. The number of hydrogen-bond donors (Lipinski definition) is 1. The molecular weight excluding hydrogens is 312 g/mol. The van der Waals surface area contributed by atoms with E-state index in [0.29, 0.717) is 18.0 Å². The molecule has 2 rings (SSSR count). The van der Waals surface area contributed by atoms with Crippen molar-refractivity contribution >= 4 is 11.6 Å². The zero-order chi connectivity index (χ0) is 18.2. The number of carbonyl (C=O) groups excluding carboxylic acids is 1. The lowest BCUT2D eigenvalue weighted by molar-refractivity contribution is -0.117. The Balaban J connectivity index is 2.02. The third-order valence-corrected chi connectivity index (χ3v) is 3.83. The zero-order valence-electron chi connectivity index (χ0n) is 15.5. The Morgan fingerprint density at radius 3 is 2.28 bits per heavy atom. The summed E-state index contributed by atoms with van der Waals surface area (Å²) in [7, 11) is 0. The number of ether oxygens (including phenoxy) is 1. The summed E-state index contributed by atoms with van der Waals surface area (Å²) in [6.07, 6.45) is 0.0586. The van der Waals surface area contributed by atoms with Crippen LogP contribution in [0.15, 0.2) is 54.6 Å². The second-order valence-corrected chi connectivity index (χ2v) is 6.70. The summed E-state index contributed by atoms with van der Waals surface area (Å²) in [5.74, 6) is 0.662. The molecule has 2 aromatic rings. The highest BCUT2D eigenvalue weighted by Crippen LogP contribution is 2.24. The Morgan fingerprint density at radius 1 is 1.00 bits per heavy atom. The second kappa shape index (κ2) is 9.23. The SMILES string of the molecule is CC(C)Oc1ccccc1NC(=O)CN(Cc1ccccc1)C(C)C. The first kappa shape index (κ1) is 19.0. The Hall–Kier alpha value is -2.33. The van der Waals surface area contributed by atoms with Crippen molar-refractivity contribution in [2.75, 3.05) is 11.9 Å². The van der Waals surface area contributed by atoms with Crippen LogP contribution in [0.3, 0.4) is 0 Å². The van der Waals surface area contributed by atoms with Gasteiger partial charge in [-0.15, -0.1) is 0 Å². The zero-order valence-corrected chi connectivity index (χ0v) is 15.5. The third-order valence-electron chi connectivity index (χ3n) is 3.83. The molecule has 134 valence electrons. The Morgan fingerprint density at radius 2 is 1.64 bits per heavy atom. The molecule has 0 aliphatic heterocycles. The van der Waals surface area contributed by atoms with Crippen LogP contribution in [0.4, 0.5) is 5.69 Å². The Kier molecular flexibility index (Phi) is 7.02. The molecule has 25 heavy (non-hydrogen) atoms. The molecule has 1 N–H and O–H groups in total. The summed E-state index contributed by atoms with van der Waals surface area (Å²) in [6.45, 7) is 9.23. The lowest BCUT2D eigenvalue weighted by Crippen LogP contribution is -2.37. The molecule has 0 saturated carbocycles. The first-order chi connectivity index (χ1) is 12.0. The Bertz CT molecular complexity index is 669. The molecular formula is C21H28N2O2. The van der Waals surface area contributed by atoms with Gasteiger partial charge in [-0.1, -0.05) is 42.5 Å². The van der Waals surface area contributed by atoms with Crippen molar-refractivity contribution in [3.05, 3.63) is 60.2 Å². The van der Waals surface area contributed by atoms with E-state index in [9.17, 15) is 4.79 Å². The summed E-state index contributed by atoms with van der Waals surface area (Å²) in [6, 6.07) is 18.0. The largest absolute Gasteiger partial charge is 0.489 e. The predicted molar refractivity (Wildman–Crippen MR) is 103 cm³/mol. The predicted octanol–water partition coefficient (Wildman–Crippen LogP) is 4.32. The lowest BCUT2D eigenvalue weighted by atomic mass is 10.2. The third kappa shape index (κ3) is 6.24. The van der Waals surface area contributed by atoms with Gasteiger partial charge in [-0.25, -0.2) is 0 Å². The van der Waals surface area contributed by atoms with Gasteiger partial charge in [-0.2, -0.15) is 0 Å². The van der Waals surface area contributed by atoms with Crippen molar-refractivity contribution in [3.8, 4) is 5.75 Å².